The number of benzene rings is 2. The van der Waals surface area contributed by atoms with Gasteiger partial charge < -0.3 is 15.0 Å². The molecule has 0 unspecified atom stereocenters. The number of nitrogens with one attached hydrogen (secondary N) is 2. The largest absolute Gasteiger partial charge is 0.494 e. The summed E-state index contributed by atoms with van der Waals surface area (Å²) in [6.45, 7) is 4.48. The lowest BCUT2D eigenvalue weighted by atomic mass is 10.1. The SMILES string of the molecule is CCCCCCCOc1ccc(C(=O)NC(=S)Nc2cccc(C(=O)N3CCCCCC3)c2)cc1. The molecule has 2 amide bonds. The molecule has 6 nitrogen and oxygen atoms in total. The lowest BCUT2D eigenvalue weighted by Gasteiger charge is -2.20. The van der Waals surface area contributed by atoms with Gasteiger partial charge in [0, 0.05) is 29.9 Å². The van der Waals surface area contributed by atoms with Gasteiger partial charge in [-0.05, 0) is 73.9 Å². The Balaban J connectivity index is 1.47. The average molecular weight is 496 g/mol. The number of likely N-dealkylation sites (tertiary alicyclic amines) is 1. The number of unbranched alkanes of at least 4 members (excludes halogenated alkanes) is 4. The highest BCUT2D eigenvalue weighted by Crippen LogP contribution is 2.17. The van der Waals surface area contributed by atoms with E-state index in [1.54, 1.807) is 30.3 Å². The normalized spacial score (nSPS) is 13.6. The summed E-state index contributed by atoms with van der Waals surface area (Å²) in [5.74, 6) is 0.489. The number of ether oxygens (including phenoxy) is 1. The average Bonchev–Trinajstić information content (AvgIpc) is 3.16. The molecule has 0 aromatic heterocycles. The summed E-state index contributed by atoms with van der Waals surface area (Å²) in [7, 11) is 0. The van der Waals surface area contributed by atoms with E-state index in [9.17, 15) is 9.59 Å². The summed E-state index contributed by atoms with van der Waals surface area (Å²) in [6, 6.07) is 14.3. The van der Waals surface area contributed by atoms with Gasteiger partial charge >= 0.3 is 0 Å². The van der Waals surface area contributed by atoms with Crippen LogP contribution in [0.5, 0.6) is 5.75 Å². The number of nitrogens with zero attached hydrogens (tertiary/aromatic N) is 1. The van der Waals surface area contributed by atoms with Crippen molar-refractivity contribution in [2.45, 2.75) is 64.7 Å². The van der Waals surface area contributed by atoms with Crippen LogP contribution in [0.4, 0.5) is 5.69 Å². The van der Waals surface area contributed by atoms with Crippen molar-refractivity contribution in [3.63, 3.8) is 0 Å². The molecule has 0 aliphatic carbocycles. The zero-order valence-electron chi connectivity index (χ0n) is 20.7. The third-order valence-electron chi connectivity index (χ3n) is 6.12. The molecule has 1 aliphatic rings. The number of carbonyl (C=O) groups excluding carboxylic acids is 2. The van der Waals surface area contributed by atoms with E-state index < -0.39 is 0 Å². The molecular weight excluding hydrogens is 458 g/mol. The molecule has 1 fully saturated rings. The van der Waals surface area contributed by atoms with Crippen molar-refractivity contribution in [3.05, 3.63) is 59.7 Å². The van der Waals surface area contributed by atoms with E-state index in [2.05, 4.69) is 17.6 Å². The maximum atomic E-state index is 12.9. The first kappa shape index (κ1) is 26.7. The van der Waals surface area contributed by atoms with Crippen LogP contribution in [0.1, 0.15) is 85.4 Å². The van der Waals surface area contributed by atoms with Crippen molar-refractivity contribution in [2.75, 3.05) is 25.0 Å². The third-order valence-corrected chi connectivity index (χ3v) is 6.32. The smallest absolute Gasteiger partial charge is 0.257 e. The van der Waals surface area contributed by atoms with Gasteiger partial charge in [-0.2, -0.15) is 0 Å². The molecule has 7 heteroatoms. The Hall–Kier alpha value is -2.93. The topological polar surface area (TPSA) is 70.7 Å². The second kappa shape index (κ2) is 14.5. The van der Waals surface area contributed by atoms with Crippen molar-refractivity contribution in [1.29, 1.82) is 0 Å². The number of hydrogen-bond acceptors (Lipinski definition) is 4. The van der Waals surface area contributed by atoms with Crippen LogP contribution < -0.4 is 15.4 Å². The molecule has 1 saturated heterocycles. The predicted molar refractivity (Wildman–Crippen MR) is 145 cm³/mol. The Bertz CT molecular complexity index is 970. The van der Waals surface area contributed by atoms with Crippen LogP contribution >= 0.6 is 12.2 Å². The summed E-state index contributed by atoms with van der Waals surface area (Å²) in [4.78, 5) is 27.4. The highest BCUT2D eigenvalue weighted by atomic mass is 32.1. The molecule has 0 radical (unpaired) electrons. The van der Waals surface area contributed by atoms with E-state index in [1.165, 1.54) is 38.5 Å². The standard InChI is InChI=1S/C28H37N3O3S/c1-2-3-4-7-10-20-34-25-16-14-22(15-17-25)26(32)30-28(35)29-24-13-11-12-23(21-24)27(33)31-18-8-5-6-9-19-31/h11-17,21H,2-10,18-20H2,1H3,(H2,29,30,32,35). The lowest BCUT2D eigenvalue weighted by Crippen LogP contribution is -2.34. The van der Waals surface area contributed by atoms with E-state index in [0.29, 0.717) is 23.4 Å². The van der Waals surface area contributed by atoms with Gasteiger partial charge in [-0.3, -0.25) is 14.9 Å². The third kappa shape index (κ3) is 8.98. The van der Waals surface area contributed by atoms with Gasteiger partial charge in [0.1, 0.15) is 5.75 Å². The molecule has 2 N–H and O–H groups in total. The minimum Gasteiger partial charge on any atom is -0.494 e. The maximum Gasteiger partial charge on any atom is 0.257 e. The van der Waals surface area contributed by atoms with Gasteiger partial charge in [0.15, 0.2) is 5.11 Å². The predicted octanol–water partition coefficient (Wildman–Crippen LogP) is 6.18. The quantitative estimate of drug-likeness (QED) is 0.304. The summed E-state index contributed by atoms with van der Waals surface area (Å²) in [5.41, 5.74) is 1.78. The summed E-state index contributed by atoms with van der Waals surface area (Å²) in [6.07, 6.45) is 10.4. The van der Waals surface area contributed by atoms with Gasteiger partial charge in [0.05, 0.1) is 6.61 Å². The number of amides is 2. The van der Waals surface area contributed by atoms with Gasteiger partial charge in [-0.15, -0.1) is 0 Å². The fourth-order valence-corrected chi connectivity index (χ4v) is 4.33. The van der Waals surface area contributed by atoms with Crippen LogP contribution in [-0.4, -0.2) is 41.5 Å². The van der Waals surface area contributed by atoms with Crippen LogP contribution in [0.15, 0.2) is 48.5 Å². The number of carbonyl (C=O) groups is 2. The minimum absolute atomic E-state index is 0.0359. The Morgan fingerprint density at radius 2 is 1.63 bits per heavy atom. The zero-order valence-corrected chi connectivity index (χ0v) is 21.5. The van der Waals surface area contributed by atoms with Gasteiger partial charge in [0.2, 0.25) is 0 Å². The molecule has 2 aromatic rings. The molecule has 1 heterocycles. The minimum atomic E-state index is -0.301. The van der Waals surface area contributed by atoms with Crippen molar-refractivity contribution < 1.29 is 14.3 Å². The molecule has 35 heavy (non-hydrogen) atoms. The summed E-state index contributed by atoms with van der Waals surface area (Å²) >= 11 is 5.33. The number of thiocarbonyl (C=S) groups is 1. The molecule has 1 aliphatic heterocycles. The molecule has 188 valence electrons. The van der Waals surface area contributed by atoms with E-state index >= 15 is 0 Å². The van der Waals surface area contributed by atoms with Crippen LogP contribution in [-0.2, 0) is 0 Å². The van der Waals surface area contributed by atoms with Crippen molar-refractivity contribution >= 4 is 34.8 Å². The van der Waals surface area contributed by atoms with Crippen LogP contribution in [0.3, 0.4) is 0 Å². The molecule has 3 rings (SSSR count). The first-order valence-corrected chi connectivity index (χ1v) is 13.2. The molecule has 0 spiro atoms. The van der Waals surface area contributed by atoms with E-state index in [1.807, 2.05) is 23.1 Å². The van der Waals surface area contributed by atoms with Gasteiger partial charge in [0.25, 0.3) is 11.8 Å². The Kier molecular flexibility index (Phi) is 11.0. The number of rotatable bonds is 10. The van der Waals surface area contributed by atoms with E-state index in [0.717, 1.165) is 38.1 Å². The van der Waals surface area contributed by atoms with Crippen LogP contribution in [0, 0.1) is 0 Å². The summed E-state index contributed by atoms with van der Waals surface area (Å²) < 4.78 is 5.76. The molecule has 0 saturated carbocycles. The van der Waals surface area contributed by atoms with Crippen molar-refractivity contribution in [1.82, 2.24) is 10.2 Å². The summed E-state index contributed by atoms with van der Waals surface area (Å²) in [5, 5.41) is 5.90. The molecule has 0 atom stereocenters. The highest BCUT2D eigenvalue weighted by molar-refractivity contribution is 7.80. The first-order valence-electron chi connectivity index (χ1n) is 12.8. The number of hydrogen-bond donors (Lipinski definition) is 2. The number of anilines is 1. The van der Waals surface area contributed by atoms with E-state index in [4.69, 9.17) is 17.0 Å². The maximum absolute atomic E-state index is 12.9. The lowest BCUT2D eigenvalue weighted by molar-refractivity contribution is 0.0761. The zero-order chi connectivity index (χ0) is 24.9. The highest BCUT2D eigenvalue weighted by Gasteiger charge is 2.17. The Morgan fingerprint density at radius 3 is 2.34 bits per heavy atom. The van der Waals surface area contributed by atoms with Crippen LogP contribution in [0.25, 0.3) is 0 Å². The molecular formula is C28H37N3O3S. The van der Waals surface area contributed by atoms with Crippen molar-refractivity contribution in [2.24, 2.45) is 0 Å². The molecule has 2 aromatic carbocycles. The fraction of sp³-hybridized carbons (Fsp3) is 0.464. The Labute approximate surface area is 214 Å². The first-order chi connectivity index (χ1) is 17.1. The van der Waals surface area contributed by atoms with Crippen LogP contribution in [0.2, 0.25) is 0 Å². The van der Waals surface area contributed by atoms with Gasteiger partial charge in [-0.1, -0.05) is 51.5 Å². The monoisotopic (exact) mass is 495 g/mol. The Morgan fingerprint density at radius 1 is 0.914 bits per heavy atom. The van der Waals surface area contributed by atoms with Crippen molar-refractivity contribution in [3.8, 4) is 5.75 Å². The molecule has 0 bridgehead atoms. The second-order valence-corrected chi connectivity index (χ2v) is 9.39. The van der Waals surface area contributed by atoms with Gasteiger partial charge in [-0.25, -0.2) is 0 Å². The fourth-order valence-electron chi connectivity index (χ4n) is 4.12. The second-order valence-electron chi connectivity index (χ2n) is 8.98. The van der Waals surface area contributed by atoms with E-state index in [-0.39, 0.29) is 16.9 Å².